The molecule has 0 aliphatic carbocycles. The molecule has 2 heterocycles. The number of Topliss-reactive ketones (excluding diaryl/α,β-unsaturated/α-hetero) is 1. The number of piperidine rings is 1. The average Bonchev–Trinajstić information content (AvgIpc) is 3.02. The highest BCUT2D eigenvalue weighted by molar-refractivity contribution is 6.45. The predicted molar refractivity (Wildman–Crippen MR) is 107 cm³/mol. The number of likely N-dealkylation sites (tertiary alicyclic amines) is 1. The molecule has 1 aliphatic rings. The van der Waals surface area contributed by atoms with Gasteiger partial charge in [-0.15, -0.1) is 0 Å². The highest BCUT2D eigenvalue weighted by Gasteiger charge is 2.30. The number of carbonyl (C=O) groups excluding carboxylic acids is 2. The predicted octanol–water partition coefficient (Wildman–Crippen LogP) is 4.37. The van der Waals surface area contributed by atoms with E-state index in [1.54, 1.807) is 4.90 Å². The summed E-state index contributed by atoms with van der Waals surface area (Å²) >= 11 is 0. The first-order valence-electron chi connectivity index (χ1n) is 9.52. The zero-order chi connectivity index (χ0) is 19.0. The van der Waals surface area contributed by atoms with Gasteiger partial charge in [0.1, 0.15) is 0 Å². The zero-order valence-electron chi connectivity index (χ0n) is 15.8. The minimum atomic E-state index is -0.400. The Kier molecular flexibility index (Phi) is 4.56. The number of carbonyl (C=O) groups is 2. The number of nitrogens with zero attached hydrogens (tertiary/aromatic N) is 1. The lowest BCUT2D eigenvalue weighted by Gasteiger charge is -2.31. The number of amides is 1. The lowest BCUT2D eigenvalue weighted by Crippen LogP contribution is -2.41. The molecule has 1 amide bonds. The molecule has 138 valence electrons. The van der Waals surface area contributed by atoms with Gasteiger partial charge in [-0.3, -0.25) is 9.59 Å². The fraction of sp³-hybridized carbons (Fsp3) is 0.304. The van der Waals surface area contributed by atoms with E-state index in [1.807, 2.05) is 38.1 Å². The van der Waals surface area contributed by atoms with E-state index in [2.05, 4.69) is 29.2 Å². The third-order valence-corrected chi connectivity index (χ3v) is 5.62. The summed E-state index contributed by atoms with van der Waals surface area (Å²) in [6.45, 7) is 5.11. The SMILES string of the molecule is Cc1ccc2[nH]c(C)c(C(=O)C(=O)N3CCC(c4ccccc4)CC3)c2c1. The number of hydrogen-bond donors (Lipinski definition) is 1. The Balaban J connectivity index is 1.52. The van der Waals surface area contributed by atoms with E-state index in [-0.39, 0.29) is 5.91 Å². The molecule has 0 radical (unpaired) electrons. The Morgan fingerprint density at radius 2 is 1.70 bits per heavy atom. The molecule has 0 saturated carbocycles. The summed E-state index contributed by atoms with van der Waals surface area (Å²) in [6, 6.07) is 16.4. The normalized spacial score (nSPS) is 15.3. The van der Waals surface area contributed by atoms with Crippen LogP contribution in [-0.4, -0.2) is 34.7 Å². The molecule has 1 fully saturated rings. The van der Waals surface area contributed by atoms with Crippen LogP contribution in [0, 0.1) is 13.8 Å². The molecule has 4 rings (SSSR count). The Bertz CT molecular complexity index is 996. The number of fused-ring (bicyclic) bond motifs is 1. The standard InChI is InChI=1S/C23H24N2O2/c1-15-8-9-20-19(14-15)21(16(2)24-20)22(26)23(27)25-12-10-18(11-13-25)17-6-4-3-5-7-17/h3-9,14,18,24H,10-13H2,1-2H3. The largest absolute Gasteiger partial charge is 0.358 e. The lowest BCUT2D eigenvalue weighted by molar-refractivity contribution is -0.127. The maximum absolute atomic E-state index is 13.0. The van der Waals surface area contributed by atoms with Crippen LogP contribution in [0.4, 0.5) is 0 Å². The topological polar surface area (TPSA) is 53.2 Å². The quantitative estimate of drug-likeness (QED) is 0.557. The number of H-pyrrole nitrogens is 1. The number of aromatic amines is 1. The van der Waals surface area contributed by atoms with Crippen LogP contribution in [-0.2, 0) is 4.79 Å². The molecular formula is C23H24N2O2. The third kappa shape index (κ3) is 3.27. The number of hydrogen-bond acceptors (Lipinski definition) is 2. The number of nitrogens with one attached hydrogen (secondary N) is 1. The molecule has 1 saturated heterocycles. The van der Waals surface area contributed by atoms with Crippen LogP contribution in [0.15, 0.2) is 48.5 Å². The van der Waals surface area contributed by atoms with Crippen molar-refractivity contribution in [2.45, 2.75) is 32.6 Å². The van der Waals surface area contributed by atoms with Crippen LogP contribution in [0.1, 0.15) is 45.9 Å². The highest BCUT2D eigenvalue weighted by atomic mass is 16.2. The van der Waals surface area contributed by atoms with Gasteiger partial charge < -0.3 is 9.88 Å². The molecule has 3 aromatic rings. The first kappa shape index (κ1) is 17.5. The van der Waals surface area contributed by atoms with Crippen molar-refractivity contribution in [1.29, 1.82) is 0 Å². The molecule has 2 aromatic carbocycles. The summed E-state index contributed by atoms with van der Waals surface area (Å²) < 4.78 is 0. The molecule has 1 aliphatic heterocycles. The van der Waals surface area contributed by atoms with E-state index < -0.39 is 5.78 Å². The van der Waals surface area contributed by atoms with Crippen molar-refractivity contribution in [2.24, 2.45) is 0 Å². The van der Waals surface area contributed by atoms with Gasteiger partial charge in [0.15, 0.2) is 0 Å². The Morgan fingerprint density at radius 3 is 2.41 bits per heavy atom. The highest BCUT2D eigenvalue weighted by Crippen LogP contribution is 2.29. The second-order valence-corrected chi connectivity index (χ2v) is 7.48. The minimum Gasteiger partial charge on any atom is -0.358 e. The van der Waals surface area contributed by atoms with E-state index in [4.69, 9.17) is 0 Å². The molecule has 0 atom stereocenters. The van der Waals surface area contributed by atoms with Gasteiger partial charge in [0.25, 0.3) is 11.7 Å². The Hall–Kier alpha value is -2.88. The summed E-state index contributed by atoms with van der Waals surface area (Å²) in [7, 11) is 0. The second kappa shape index (κ2) is 7.03. The number of benzene rings is 2. The minimum absolute atomic E-state index is 0.382. The van der Waals surface area contributed by atoms with Crippen molar-refractivity contribution in [3.63, 3.8) is 0 Å². The van der Waals surface area contributed by atoms with Gasteiger partial charge in [-0.2, -0.15) is 0 Å². The van der Waals surface area contributed by atoms with Crippen LogP contribution < -0.4 is 0 Å². The fourth-order valence-electron chi connectivity index (χ4n) is 4.12. The smallest absolute Gasteiger partial charge is 0.295 e. The Morgan fingerprint density at radius 1 is 1.00 bits per heavy atom. The van der Waals surface area contributed by atoms with E-state index in [1.165, 1.54) is 5.56 Å². The lowest BCUT2D eigenvalue weighted by atomic mass is 9.89. The van der Waals surface area contributed by atoms with E-state index in [0.717, 1.165) is 35.0 Å². The van der Waals surface area contributed by atoms with Crippen molar-refractivity contribution < 1.29 is 9.59 Å². The summed E-state index contributed by atoms with van der Waals surface area (Å²) in [5.41, 5.74) is 4.57. The van der Waals surface area contributed by atoms with Gasteiger partial charge in [0.2, 0.25) is 0 Å². The maximum Gasteiger partial charge on any atom is 0.295 e. The fourth-order valence-corrected chi connectivity index (χ4v) is 4.12. The first-order chi connectivity index (χ1) is 13.0. The number of rotatable bonds is 3. The van der Waals surface area contributed by atoms with Gasteiger partial charge in [0.05, 0.1) is 5.56 Å². The van der Waals surface area contributed by atoms with E-state index in [9.17, 15) is 9.59 Å². The number of aryl methyl sites for hydroxylation is 2. The van der Waals surface area contributed by atoms with Crippen molar-refractivity contribution in [2.75, 3.05) is 13.1 Å². The molecule has 0 bridgehead atoms. The van der Waals surface area contributed by atoms with Crippen molar-refractivity contribution in [3.05, 3.63) is 70.9 Å². The van der Waals surface area contributed by atoms with Crippen LogP contribution in [0.5, 0.6) is 0 Å². The van der Waals surface area contributed by atoms with Crippen molar-refractivity contribution >= 4 is 22.6 Å². The molecule has 27 heavy (non-hydrogen) atoms. The zero-order valence-corrected chi connectivity index (χ0v) is 15.8. The summed E-state index contributed by atoms with van der Waals surface area (Å²) in [5, 5.41) is 0.838. The number of aromatic nitrogens is 1. The summed E-state index contributed by atoms with van der Waals surface area (Å²) in [5.74, 6) is -0.322. The van der Waals surface area contributed by atoms with Crippen LogP contribution in [0.2, 0.25) is 0 Å². The Labute approximate surface area is 159 Å². The van der Waals surface area contributed by atoms with Crippen molar-refractivity contribution in [3.8, 4) is 0 Å². The van der Waals surface area contributed by atoms with Gasteiger partial charge >= 0.3 is 0 Å². The monoisotopic (exact) mass is 360 g/mol. The summed E-state index contributed by atoms with van der Waals surface area (Å²) in [4.78, 5) is 30.8. The number of ketones is 1. The molecule has 0 spiro atoms. The molecule has 1 N–H and O–H groups in total. The maximum atomic E-state index is 13.0. The van der Waals surface area contributed by atoms with Gasteiger partial charge in [0, 0.05) is 29.7 Å². The molecule has 4 nitrogen and oxygen atoms in total. The molecule has 0 unspecified atom stereocenters. The molecular weight excluding hydrogens is 336 g/mol. The average molecular weight is 360 g/mol. The van der Waals surface area contributed by atoms with Crippen molar-refractivity contribution in [1.82, 2.24) is 9.88 Å². The van der Waals surface area contributed by atoms with Gasteiger partial charge in [-0.05, 0) is 50.3 Å². The molecule has 4 heteroatoms. The van der Waals surface area contributed by atoms with Crippen LogP contribution in [0.3, 0.4) is 0 Å². The van der Waals surface area contributed by atoms with Crippen LogP contribution in [0.25, 0.3) is 10.9 Å². The van der Waals surface area contributed by atoms with E-state index >= 15 is 0 Å². The van der Waals surface area contributed by atoms with Gasteiger partial charge in [-0.1, -0.05) is 42.0 Å². The van der Waals surface area contributed by atoms with Crippen LogP contribution >= 0.6 is 0 Å². The second-order valence-electron chi connectivity index (χ2n) is 7.48. The third-order valence-electron chi connectivity index (χ3n) is 5.62. The van der Waals surface area contributed by atoms with E-state index in [0.29, 0.717) is 24.6 Å². The molecule has 1 aromatic heterocycles. The van der Waals surface area contributed by atoms with Gasteiger partial charge in [-0.25, -0.2) is 0 Å². The first-order valence-corrected chi connectivity index (χ1v) is 9.52. The summed E-state index contributed by atoms with van der Waals surface area (Å²) in [6.07, 6.45) is 1.80.